The average molecular weight is 356 g/mol. The van der Waals surface area contributed by atoms with Crippen LogP contribution in [0.15, 0.2) is 27.6 Å². The van der Waals surface area contributed by atoms with E-state index in [-0.39, 0.29) is 5.91 Å². The van der Waals surface area contributed by atoms with Crippen molar-refractivity contribution in [1.82, 2.24) is 5.32 Å². The van der Waals surface area contributed by atoms with E-state index in [0.29, 0.717) is 17.2 Å². The van der Waals surface area contributed by atoms with Crippen LogP contribution in [0.25, 0.3) is 0 Å². The Labute approximate surface area is 134 Å². The minimum absolute atomic E-state index is 0.153. The molecule has 0 spiro atoms. The third-order valence-electron chi connectivity index (χ3n) is 3.83. The van der Waals surface area contributed by atoms with Crippen molar-refractivity contribution in [1.29, 1.82) is 0 Å². The van der Waals surface area contributed by atoms with Gasteiger partial charge in [0.15, 0.2) is 0 Å². The SMILES string of the molecule is Cc1cc(Br)ccc1SCC(=O)NC1CCC(C)(C)C1. The molecule has 1 aromatic rings. The molecule has 1 aromatic carbocycles. The lowest BCUT2D eigenvalue weighted by atomic mass is 9.92. The normalized spacial score (nSPS) is 20.9. The van der Waals surface area contributed by atoms with E-state index in [9.17, 15) is 4.79 Å². The molecule has 0 bridgehead atoms. The number of aryl methyl sites for hydroxylation is 1. The van der Waals surface area contributed by atoms with E-state index < -0.39 is 0 Å². The molecule has 2 rings (SSSR count). The number of halogens is 1. The van der Waals surface area contributed by atoms with Crippen LogP contribution in [-0.4, -0.2) is 17.7 Å². The number of amides is 1. The number of hydrogen-bond donors (Lipinski definition) is 1. The summed E-state index contributed by atoms with van der Waals surface area (Å²) in [6, 6.07) is 6.53. The van der Waals surface area contributed by atoms with Crippen LogP contribution < -0.4 is 5.32 Å². The summed E-state index contributed by atoms with van der Waals surface area (Å²) in [6.45, 7) is 6.63. The number of benzene rings is 1. The summed E-state index contributed by atoms with van der Waals surface area (Å²) in [5.41, 5.74) is 1.59. The Kier molecular flexibility index (Phi) is 5.19. The minimum atomic E-state index is 0.153. The highest BCUT2D eigenvalue weighted by atomic mass is 79.9. The van der Waals surface area contributed by atoms with Crippen LogP contribution in [0.2, 0.25) is 0 Å². The number of carbonyl (C=O) groups is 1. The molecule has 1 unspecified atom stereocenters. The first-order valence-corrected chi connectivity index (χ1v) is 8.82. The van der Waals surface area contributed by atoms with E-state index in [4.69, 9.17) is 0 Å². The molecule has 1 saturated carbocycles. The molecule has 1 N–H and O–H groups in total. The lowest BCUT2D eigenvalue weighted by Gasteiger charge is -2.17. The molecule has 1 amide bonds. The van der Waals surface area contributed by atoms with Crippen LogP contribution in [0, 0.1) is 12.3 Å². The summed E-state index contributed by atoms with van der Waals surface area (Å²) in [5, 5.41) is 3.17. The first kappa shape index (κ1) is 15.9. The third-order valence-corrected chi connectivity index (χ3v) is 5.50. The number of thioether (sulfide) groups is 1. The highest BCUT2D eigenvalue weighted by Crippen LogP contribution is 2.37. The largest absolute Gasteiger partial charge is 0.353 e. The summed E-state index contributed by atoms with van der Waals surface area (Å²) in [4.78, 5) is 13.2. The summed E-state index contributed by atoms with van der Waals surface area (Å²) in [7, 11) is 0. The molecule has 0 saturated heterocycles. The fraction of sp³-hybridized carbons (Fsp3) is 0.562. The summed E-state index contributed by atoms with van der Waals surface area (Å²) in [5.74, 6) is 0.652. The van der Waals surface area contributed by atoms with Crippen molar-refractivity contribution in [3.8, 4) is 0 Å². The van der Waals surface area contributed by atoms with E-state index in [1.54, 1.807) is 11.8 Å². The van der Waals surface area contributed by atoms with Gasteiger partial charge in [-0.05, 0) is 55.4 Å². The molecule has 110 valence electrons. The fourth-order valence-corrected chi connectivity index (χ4v) is 4.04. The zero-order valence-electron chi connectivity index (χ0n) is 12.3. The van der Waals surface area contributed by atoms with Gasteiger partial charge in [0.2, 0.25) is 5.91 Å². The molecule has 1 aliphatic rings. The summed E-state index contributed by atoms with van der Waals surface area (Å²) >= 11 is 5.07. The van der Waals surface area contributed by atoms with Crippen molar-refractivity contribution in [3.63, 3.8) is 0 Å². The van der Waals surface area contributed by atoms with Gasteiger partial charge in [-0.1, -0.05) is 29.8 Å². The molecular weight excluding hydrogens is 334 g/mol. The van der Waals surface area contributed by atoms with Gasteiger partial charge in [0, 0.05) is 15.4 Å². The van der Waals surface area contributed by atoms with Gasteiger partial charge in [0.1, 0.15) is 0 Å². The third kappa shape index (κ3) is 4.52. The van der Waals surface area contributed by atoms with E-state index in [0.717, 1.165) is 17.3 Å². The van der Waals surface area contributed by atoms with Crippen LogP contribution in [0.4, 0.5) is 0 Å². The second kappa shape index (κ2) is 6.52. The minimum Gasteiger partial charge on any atom is -0.353 e. The lowest BCUT2D eigenvalue weighted by Crippen LogP contribution is -2.34. The molecule has 0 heterocycles. The number of rotatable bonds is 4. The fourth-order valence-electron chi connectivity index (χ4n) is 2.75. The number of carbonyl (C=O) groups excluding carboxylic acids is 1. The maximum Gasteiger partial charge on any atom is 0.230 e. The number of hydrogen-bond acceptors (Lipinski definition) is 2. The standard InChI is InChI=1S/C16H22BrNOS/c1-11-8-12(17)4-5-14(11)20-10-15(19)18-13-6-7-16(2,3)9-13/h4-5,8,13H,6-7,9-10H2,1-3H3,(H,18,19). The van der Waals surface area contributed by atoms with Gasteiger partial charge in [0.05, 0.1) is 5.75 Å². The van der Waals surface area contributed by atoms with Gasteiger partial charge in [-0.25, -0.2) is 0 Å². The van der Waals surface area contributed by atoms with Crippen molar-refractivity contribution in [2.24, 2.45) is 5.41 Å². The highest BCUT2D eigenvalue weighted by molar-refractivity contribution is 9.10. The molecule has 20 heavy (non-hydrogen) atoms. The van der Waals surface area contributed by atoms with Gasteiger partial charge in [-0.2, -0.15) is 0 Å². The van der Waals surface area contributed by atoms with Gasteiger partial charge in [-0.15, -0.1) is 11.8 Å². The first-order chi connectivity index (χ1) is 9.35. The second-order valence-electron chi connectivity index (χ2n) is 6.37. The smallest absolute Gasteiger partial charge is 0.230 e. The monoisotopic (exact) mass is 355 g/mol. The Hall–Kier alpha value is -0.480. The quantitative estimate of drug-likeness (QED) is 0.803. The highest BCUT2D eigenvalue weighted by Gasteiger charge is 2.31. The maximum atomic E-state index is 12.0. The van der Waals surface area contributed by atoms with Crippen LogP contribution in [0.5, 0.6) is 0 Å². The summed E-state index contributed by atoms with van der Waals surface area (Å²) in [6.07, 6.45) is 3.42. The predicted molar refractivity (Wildman–Crippen MR) is 89.2 cm³/mol. The average Bonchev–Trinajstić information content (AvgIpc) is 2.67. The van der Waals surface area contributed by atoms with Gasteiger partial charge in [-0.3, -0.25) is 4.79 Å². The van der Waals surface area contributed by atoms with Crippen LogP contribution in [-0.2, 0) is 4.79 Å². The van der Waals surface area contributed by atoms with Gasteiger partial charge in [0.25, 0.3) is 0 Å². The second-order valence-corrected chi connectivity index (χ2v) is 8.30. The zero-order valence-corrected chi connectivity index (χ0v) is 14.7. The Balaban J connectivity index is 1.81. The van der Waals surface area contributed by atoms with Crippen molar-refractivity contribution in [2.75, 3.05) is 5.75 Å². The molecule has 0 aromatic heterocycles. The van der Waals surface area contributed by atoms with Crippen molar-refractivity contribution >= 4 is 33.6 Å². The van der Waals surface area contributed by atoms with Crippen molar-refractivity contribution < 1.29 is 4.79 Å². The van der Waals surface area contributed by atoms with Crippen LogP contribution in [0.1, 0.15) is 38.7 Å². The Morgan fingerprint density at radius 3 is 2.85 bits per heavy atom. The Bertz CT molecular complexity index is 501. The topological polar surface area (TPSA) is 29.1 Å². The maximum absolute atomic E-state index is 12.0. The van der Waals surface area contributed by atoms with E-state index in [1.807, 2.05) is 6.07 Å². The molecule has 1 atom stereocenters. The molecule has 1 aliphatic carbocycles. The molecular formula is C16H22BrNOS. The van der Waals surface area contributed by atoms with E-state index in [2.05, 4.69) is 54.2 Å². The Morgan fingerprint density at radius 1 is 1.50 bits per heavy atom. The molecule has 2 nitrogen and oxygen atoms in total. The van der Waals surface area contributed by atoms with E-state index in [1.165, 1.54) is 16.9 Å². The number of nitrogens with one attached hydrogen (secondary N) is 1. The molecule has 0 radical (unpaired) electrons. The van der Waals surface area contributed by atoms with Crippen molar-refractivity contribution in [3.05, 3.63) is 28.2 Å². The van der Waals surface area contributed by atoms with Gasteiger partial charge >= 0.3 is 0 Å². The Morgan fingerprint density at radius 2 is 2.25 bits per heavy atom. The molecule has 4 heteroatoms. The summed E-state index contributed by atoms with van der Waals surface area (Å²) < 4.78 is 1.08. The predicted octanol–water partition coefficient (Wildman–Crippen LogP) is 4.54. The molecule has 0 aliphatic heterocycles. The zero-order chi connectivity index (χ0) is 14.8. The van der Waals surface area contributed by atoms with Crippen molar-refractivity contribution in [2.45, 2.75) is 51.0 Å². The molecule has 1 fully saturated rings. The van der Waals surface area contributed by atoms with E-state index >= 15 is 0 Å². The first-order valence-electron chi connectivity index (χ1n) is 7.04. The van der Waals surface area contributed by atoms with Crippen LogP contribution >= 0.6 is 27.7 Å². The van der Waals surface area contributed by atoms with Crippen LogP contribution in [0.3, 0.4) is 0 Å². The lowest BCUT2D eigenvalue weighted by molar-refractivity contribution is -0.119. The van der Waals surface area contributed by atoms with Gasteiger partial charge < -0.3 is 5.32 Å².